The van der Waals surface area contributed by atoms with Crippen LogP contribution in [0.15, 0.2) is 17.4 Å². The van der Waals surface area contributed by atoms with Crippen molar-refractivity contribution in [3.63, 3.8) is 0 Å². The van der Waals surface area contributed by atoms with Crippen LogP contribution in [0.5, 0.6) is 0 Å². The molecule has 1 aliphatic rings. The Kier molecular flexibility index (Phi) is 9.54. The van der Waals surface area contributed by atoms with Crippen LogP contribution in [-0.2, 0) is 18.2 Å². The fourth-order valence-corrected chi connectivity index (χ4v) is 2.32. The molecule has 1 N–H and O–H groups in total. The number of likely N-dealkylation sites (N-methyl/N-ethyl adjacent to an activating group) is 1. The van der Waals surface area contributed by atoms with E-state index in [9.17, 15) is 0 Å². The molecule has 0 atom stereocenters. The van der Waals surface area contributed by atoms with Gasteiger partial charge >= 0.3 is 0 Å². The summed E-state index contributed by atoms with van der Waals surface area (Å²) in [6.45, 7) is 3.47. The number of aromatic nitrogens is 2. The van der Waals surface area contributed by atoms with Gasteiger partial charge in [-0.3, -0.25) is 9.67 Å². The molecular formula is C16H30IN5O. The average molecular weight is 435 g/mol. The van der Waals surface area contributed by atoms with Crippen molar-refractivity contribution in [2.24, 2.45) is 18.0 Å². The van der Waals surface area contributed by atoms with E-state index < -0.39 is 0 Å². The Balaban J connectivity index is 0.00000264. The number of rotatable bonds is 9. The SMILES string of the molecule is CN=C(NCCCc1cnn(C)c1)N(C)CCOCC1CC1.I. The number of aryl methyl sites for hydroxylation is 2. The molecule has 0 unspecified atom stereocenters. The summed E-state index contributed by atoms with van der Waals surface area (Å²) in [5.74, 6) is 1.76. The second-order valence-corrected chi connectivity index (χ2v) is 6.04. The summed E-state index contributed by atoms with van der Waals surface area (Å²) in [6.07, 6.45) is 8.78. The molecule has 7 heteroatoms. The molecule has 0 aliphatic heterocycles. The van der Waals surface area contributed by atoms with Gasteiger partial charge in [0.1, 0.15) is 0 Å². The van der Waals surface area contributed by atoms with Gasteiger partial charge in [-0.1, -0.05) is 0 Å². The largest absolute Gasteiger partial charge is 0.379 e. The van der Waals surface area contributed by atoms with Gasteiger partial charge < -0.3 is 15.0 Å². The highest BCUT2D eigenvalue weighted by Crippen LogP contribution is 2.28. The summed E-state index contributed by atoms with van der Waals surface area (Å²) in [4.78, 5) is 6.44. The maximum Gasteiger partial charge on any atom is 0.193 e. The molecule has 132 valence electrons. The van der Waals surface area contributed by atoms with Crippen molar-refractivity contribution in [1.29, 1.82) is 0 Å². The zero-order valence-electron chi connectivity index (χ0n) is 14.5. The van der Waals surface area contributed by atoms with E-state index in [-0.39, 0.29) is 24.0 Å². The van der Waals surface area contributed by atoms with Crippen molar-refractivity contribution < 1.29 is 4.74 Å². The van der Waals surface area contributed by atoms with Gasteiger partial charge in [-0.05, 0) is 37.2 Å². The quantitative estimate of drug-likeness (QED) is 0.279. The predicted octanol–water partition coefficient (Wildman–Crippen LogP) is 1.90. The van der Waals surface area contributed by atoms with Crippen LogP contribution in [0.3, 0.4) is 0 Å². The molecule has 0 bridgehead atoms. The van der Waals surface area contributed by atoms with Gasteiger partial charge in [0.05, 0.1) is 12.8 Å². The standard InChI is InChI=1S/C16H29N5O.HI/c1-17-16(20(2)9-10-22-13-14-6-7-14)18-8-4-5-15-11-19-21(3)12-15;/h11-12,14H,4-10,13H2,1-3H3,(H,17,18);1H. The van der Waals surface area contributed by atoms with E-state index in [1.54, 1.807) is 0 Å². The Morgan fingerprint density at radius 2 is 2.30 bits per heavy atom. The first-order chi connectivity index (χ1) is 10.7. The number of aliphatic imine (C=N–C) groups is 1. The summed E-state index contributed by atoms with van der Waals surface area (Å²) in [6, 6.07) is 0. The number of hydrogen-bond acceptors (Lipinski definition) is 3. The number of halogens is 1. The highest BCUT2D eigenvalue weighted by Gasteiger charge is 2.21. The highest BCUT2D eigenvalue weighted by molar-refractivity contribution is 14.0. The number of guanidine groups is 1. The molecule has 23 heavy (non-hydrogen) atoms. The van der Waals surface area contributed by atoms with Crippen LogP contribution in [0.1, 0.15) is 24.8 Å². The maximum absolute atomic E-state index is 5.67. The van der Waals surface area contributed by atoms with Crippen molar-refractivity contribution in [3.8, 4) is 0 Å². The van der Waals surface area contributed by atoms with Crippen LogP contribution in [-0.4, -0.2) is 61.0 Å². The molecule has 0 spiro atoms. The van der Waals surface area contributed by atoms with Gasteiger partial charge in [0.25, 0.3) is 0 Å². The maximum atomic E-state index is 5.67. The van der Waals surface area contributed by atoms with Crippen molar-refractivity contribution in [1.82, 2.24) is 20.0 Å². The number of nitrogens with one attached hydrogen (secondary N) is 1. The Hall–Kier alpha value is -0.830. The first-order valence-electron chi connectivity index (χ1n) is 8.16. The van der Waals surface area contributed by atoms with Crippen LogP contribution in [0, 0.1) is 5.92 Å². The second kappa shape index (κ2) is 10.9. The molecule has 1 aromatic heterocycles. The molecule has 1 aliphatic carbocycles. The molecule has 0 aromatic carbocycles. The van der Waals surface area contributed by atoms with E-state index in [0.717, 1.165) is 51.0 Å². The van der Waals surface area contributed by atoms with Crippen molar-refractivity contribution in [2.45, 2.75) is 25.7 Å². The topological polar surface area (TPSA) is 54.7 Å². The summed E-state index contributed by atoms with van der Waals surface area (Å²) in [5.41, 5.74) is 1.28. The molecule has 1 fully saturated rings. The lowest BCUT2D eigenvalue weighted by Crippen LogP contribution is -2.41. The lowest BCUT2D eigenvalue weighted by atomic mass is 10.2. The Morgan fingerprint density at radius 3 is 2.91 bits per heavy atom. The third-order valence-electron chi connectivity index (χ3n) is 3.88. The first-order valence-corrected chi connectivity index (χ1v) is 8.16. The highest BCUT2D eigenvalue weighted by atomic mass is 127. The van der Waals surface area contributed by atoms with Gasteiger partial charge in [0, 0.05) is 47.0 Å². The smallest absolute Gasteiger partial charge is 0.193 e. The summed E-state index contributed by atoms with van der Waals surface area (Å²) >= 11 is 0. The van der Waals surface area contributed by atoms with Crippen LogP contribution < -0.4 is 5.32 Å². The van der Waals surface area contributed by atoms with E-state index >= 15 is 0 Å². The van der Waals surface area contributed by atoms with Crippen molar-refractivity contribution in [2.75, 3.05) is 40.4 Å². The fraction of sp³-hybridized carbons (Fsp3) is 0.750. The number of nitrogens with zero attached hydrogens (tertiary/aromatic N) is 4. The second-order valence-electron chi connectivity index (χ2n) is 6.04. The molecule has 0 radical (unpaired) electrons. The molecule has 6 nitrogen and oxygen atoms in total. The molecule has 1 saturated carbocycles. The Morgan fingerprint density at radius 1 is 1.52 bits per heavy atom. The third-order valence-corrected chi connectivity index (χ3v) is 3.88. The molecule has 0 amide bonds. The van der Waals surface area contributed by atoms with Crippen molar-refractivity contribution in [3.05, 3.63) is 18.0 Å². The summed E-state index contributed by atoms with van der Waals surface area (Å²) in [7, 11) is 5.83. The molecular weight excluding hydrogens is 405 g/mol. The zero-order chi connectivity index (χ0) is 15.8. The van der Waals surface area contributed by atoms with Gasteiger partial charge in [-0.15, -0.1) is 24.0 Å². The lowest BCUT2D eigenvalue weighted by Gasteiger charge is -2.22. The molecule has 1 heterocycles. The number of ether oxygens (including phenoxy) is 1. The predicted molar refractivity (Wildman–Crippen MR) is 104 cm³/mol. The van der Waals surface area contributed by atoms with Gasteiger partial charge in [-0.2, -0.15) is 5.10 Å². The summed E-state index contributed by atoms with van der Waals surface area (Å²) in [5, 5.41) is 7.59. The van der Waals surface area contributed by atoms with E-state index in [0.29, 0.717) is 0 Å². The van der Waals surface area contributed by atoms with Crippen LogP contribution in [0.4, 0.5) is 0 Å². The third kappa shape index (κ3) is 8.01. The summed E-state index contributed by atoms with van der Waals surface area (Å²) < 4.78 is 7.52. The Labute approximate surface area is 156 Å². The lowest BCUT2D eigenvalue weighted by molar-refractivity contribution is 0.115. The minimum Gasteiger partial charge on any atom is -0.379 e. The minimum atomic E-state index is 0. The molecule has 0 saturated heterocycles. The first kappa shape index (κ1) is 20.2. The van der Waals surface area contributed by atoms with E-state index in [4.69, 9.17) is 4.74 Å². The van der Waals surface area contributed by atoms with Gasteiger partial charge in [0.2, 0.25) is 0 Å². The molecule has 1 aromatic rings. The fourth-order valence-electron chi connectivity index (χ4n) is 2.32. The normalized spacial score (nSPS) is 14.5. The van der Waals surface area contributed by atoms with Gasteiger partial charge in [-0.25, -0.2) is 0 Å². The van der Waals surface area contributed by atoms with Gasteiger partial charge in [0.15, 0.2) is 5.96 Å². The average Bonchev–Trinajstić information content (AvgIpc) is 3.24. The van der Waals surface area contributed by atoms with Crippen LogP contribution >= 0.6 is 24.0 Å². The van der Waals surface area contributed by atoms with Crippen LogP contribution in [0.2, 0.25) is 0 Å². The Bertz CT molecular complexity index is 473. The minimum absolute atomic E-state index is 0. The van der Waals surface area contributed by atoms with E-state index in [1.807, 2.05) is 25.0 Å². The van der Waals surface area contributed by atoms with E-state index in [1.165, 1.54) is 18.4 Å². The van der Waals surface area contributed by atoms with Crippen LogP contribution in [0.25, 0.3) is 0 Å². The van der Waals surface area contributed by atoms with Crippen molar-refractivity contribution >= 4 is 29.9 Å². The number of hydrogen-bond donors (Lipinski definition) is 1. The van der Waals surface area contributed by atoms with E-state index in [2.05, 4.69) is 33.6 Å². The molecule has 2 rings (SSSR count). The monoisotopic (exact) mass is 435 g/mol. The zero-order valence-corrected chi connectivity index (χ0v) is 16.8.